The molecule has 2 heterocycles. The van der Waals surface area contributed by atoms with Gasteiger partial charge >= 0.3 is 5.69 Å². The van der Waals surface area contributed by atoms with Gasteiger partial charge in [0.1, 0.15) is 0 Å². The number of aromatic nitrogens is 1. The first kappa shape index (κ1) is 13.7. The number of rotatable bonds is 4. The summed E-state index contributed by atoms with van der Waals surface area (Å²) in [6.45, 7) is 4.67. The van der Waals surface area contributed by atoms with E-state index in [1.807, 2.05) is 6.92 Å². The van der Waals surface area contributed by atoms with Crippen molar-refractivity contribution in [2.45, 2.75) is 13.0 Å². The van der Waals surface area contributed by atoms with E-state index in [1.54, 1.807) is 18.0 Å². The molecule has 1 aliphatic rings. The van der Waals surface area contributed by atoms with Gasteiger partial charge in [-0.3, -0.25) is 10.1 Å². The fourth-order valence-electron chi connectivity index (χ4n) is 2.09. The predicted molar refractivity (Wildman–Crippen MR) is 71.5 cm³/mol. The second-order valence-electron chi connectivity index (χ2n) is 4.63. The molecule has 1 N–H and O–H groups in total. The summed E-state index contributed by atoms with van der Waals surface area (Å²) in [6.07, 6.45) is 0.0284. The van der Waals surface area contributed by atoms with Crippen LogP contribution < -0.4 is 10.2 Å². The highest BCUT2D eigenvalue weighted by atomic mass is 16.6. The molecule has 0 aromatic carbocycles. The van der Waals surface area contributed by atoms with Crippen molar-refractivity contribution in [1.82, 2.24) is 10.3 Å². The van der Waals surface area contributed by atoms with Crippen LogP contribution in [0.15, 0.2) is 12.1 Å². The number of anilines is 1. The van der Waals surface area contributed by atoms with Gasteiger partial charge in [-0.05, 0) is 13.0 Å². The Morgan fingerprint density at radius 1 is 1.63 bits per heavy atom. The molecule has 1 fully saturated rings. The minimum atomic E-state index is -0.405. The molecular formula is C12H18N4O3. The lowest BCUT2D eigenvalue weighted by Gasteiger charge is -2.28. The Morgan fingerprint density at radius 3 is 3.05 bits per heavy atom. The summed E-state index contributed by atoms with van der Waals surface area (Å²) in [5.74, 6) is 0.388. The minimum absolute atomic E-state index is 0.0249. The van der Waals surface area contributed by atoms with Crippen LogP contribution in [-0.2, 0) is 4.74 Å². The van der Waals surface area contributed by atoms with E-state index in [1.165, 1.54) is 6.07 Å². The first-order chi connectivity index (χ1) is 9.08. The van der Waals surface area contributed by atoms with Crippen molar-refractivity contribution in [3.8, 4) is 0 Å². The van der Waals surface area contributed by atoms with Gasteiger partial charge < -0.3 is 15.0 Å². The van der Waals surface area contributed by atoms with Crippen LogP contribution in [0.5, 0.6) is 0 Å². The van der Waals surface area contributed by atoms with Crippen LogP contribution in [0.2, 0.25) is 0 Å². The number of nitrogens with one attached hydrogen (secondary N) is 1. The average molecular weight is 266 g/mol. The smallest absolute Gasteiger partial charge is 0.311 e. The largest absolute Gasteiger partial charge is 0.374 e. The Bertz CT molecular complexity index is 460. The summed E-state index contributed by atoms with van der Waals surface area (Å²) in [6, 6.07) is 3.14. The Kier molecular flexibility index (Phi) is 4.28. The molecule has 0 radical (unpaired) electrons. The molecule has 0 saturated carbocycles. The molecule has 0 bridgehead atoms. The zero-order valence-corrected chi connectivity index (χ0v) is 11.1. The normalized spacial score (nSPS) is 19.2. The molecule has 1 aliphatic heterocycles. The second-order valence-corrected chi connectivity index (χ2v) is 4.63. The van der Waals surface area contributed by atoms with Crippen molar-refractivity contribution < 1.29 is 9.66 Å². The van der Waals surface area contributed by atoms with E-state index in [9.17, 15) is 10.1 Å². The van der Waals surface area contributed by atoms with Crippen LogP contribution in [0.3, 0.4) is 0 Å². The van der Waals surface area contributed by atoms with E-state index in [2.05, 4.69) is 10.3 Å². The SMILES string of the molecule is Cc1ccc([N+](=O)[O-])c(N(C)CC2CNCCO2)n1. The lowest BCUT2D eigenvalue weighted by atomic mass is 10.2. The molecule has 1 saturated heterocycles. The van der Waals surface area contributed by atoms with Crippen molar-refractivity contribution in [1.29, 1.82) is 0 Å². The van der Waals surface area contributed by atoms with Crippen molar-refractivity contribution in [3.63, 3.8) is 0 Å². The Balaban J connectivity index is 2.14. The van der Waals surface area contributed by atoms with E-state index in [0.29, 0.717) is 19.0 Å². The average Bonchev–Trinajstić information content (AvgIpc) is 2.39. The number of morpholine rings is 1. The number of likely N-dealkylation sites (N-methyl/N-ethyl adjacent to an activating group) is 1. The molecule has 1 unspecified atom stereocenters. The van der Waals surface area contributed by atoms with E-state index in [0.717, 1.165) is 18.8 Å². The van der Waals surface area contributed by atoms with Crippen LogP contribution >= 0.6 is 0 Å². The zero-order chi connectivity index (χ0) is 13.8. The van der Waals surface area contributed by atoms with Gasteiger partial charge in [0.05, 0.1) is 17.6 Å². The summed E-state index contributed by atoms with van der Waals surface area (Å²) in [5.41, 5.74) is 0.784. The van der Waals surface area contributed by atoms with Crippen LogP contribution in [-0.4, -0.2) is 49.3 Å². The number of hydrogen-bond donors (Lipinski definition) is 1. The third-order valence-electron chi connectivity index (χ3n) is 3.03. The highest BCUT2D eigenvalue weighted by Crippen LogP contribution is 2.25. The molecule has 7 nitrogen and oxygen atoms in total. The molecule has 0 aliphatic carbocycles. The molecule has 1 aromatic heterocycles. The third kappa shape index (κ3) is 3.39. The van der Waals surface area contributed by atoms with E-state index >= 15 is 0 Å². The number of aryl methyl sites for hydroxylation is 1. The Morgan fingerprint density at radius 2 is 2.42 bits per heavy atom. The molecule has 2 rings (SSSR count). The van der Waals surface area contributed by atoms with Crippen molar-refractivity contribution in [2.75, 3.05) is 38.2 Å². The van der Waals surface area contributed by atoms with Gasteiger partial charge in [-0.25, -0.2) is 4.98 Å². The van der Waals surface area contributed by atoms with Gasteiger partial charge in [0.2, 0.25) is 5.82 Å². The number of nitro groups is 1. The third-order valence-corrected chi connectivity index (χ3v) is 3.03. The lowest BCUT2D eigenvalue weighted by molar-refractivity contribution is -0.384. The first-order valence-electron chi connectivity index (χ1n) is 6.23. The van der Waals surface area contributed by atoms with Gasteiger partial charge in [0.15, 0.2) is 0 Å². The van der Waals surface area contributed by atoms with Gasteiger partial charge in [-0.2, -0.15) is 0 Å². The van der Waals surface area contributed by atoms with Crippen molar-refractivity contribution in [2.24, 2.45) is 0 Å². The molecule has 19 heavy (non-hydrogen) atoms. The quantitative estimate of drug-likeness (QED) is 0.639. The second kappa shape index (κ2) is 5.94. The van der Waals surface area contributed by atoms with Crippen LogP contribution in [0.25, 0.3) is 0 Å². The topological polar surface area (TPSA) is 80.5 Å². The molecule has 1 atom stereocenters. The fourth-order valence-corrected chi connectivity index (χ4v) is 2.09. The standard InChI is InChI=1S/C12H18N4O3/c1-9-3-4-11(16(17)18)12(14-9)15(2)8-10-7-13-5-6-19-10/h3-4,10,13H,5-8H2,1-2H3. The van der Waals surface area contributed by atoms with E-state index < -0.39 is 4.92 Å². The summed E-state index contributed by atoms with van der Waals surface area (Å²) in [7, 11) is 1.80. The maximum atomic E-state index is 11.0. The molecule has 104 valence electrons. The van der Waals surface area contributed by atoms with Crippen LogP contribution in [0, 0.1) is 17.0 Å². The maximum Gasteiger partial charge on any atom is 0.311 e. The summed E-state index contributed by atoms with van der Waals surface area (Å²) >= 11 is 0. The fraction of sp³-hybridized carbons (Fsp3) is 0.583. The molecule has 1 aromatic rings. The maximum absolute atomic E-state index is 11.0. The predicted octanol–water partition coefficient (Wildman–Crippen LogP) is 0.723. The first-order valence-corrected chi connectivity index (χ1v) is 6.23. The summed E-state index contributed by atoms with van der Waals surface area (Å²) in [5, 5.41) is 14.3. The molecule has 7 heteroatoms. The number of hydrogen-bond acceptors (Lipinski definition) is 6. The zero-order valence-electron chi connectivity index (χ0n) is 11.1. The van der Waals surface area contributed by atoms with Crippen molar-refractivity contribution in [3.05, 3.63) is 27.9 Å². The molecule has 0 spiro atoms. The number of ether oxygens (including phenoxy) is 1. The van der Waals surface area contributed by atoms with E-state index in [-0.39, 0.29) is 11.8 Å². The Labute approximate surface area is 111 Å². The highest BCUT2D eigenvalue weighted by Gasteiger charge is 2.22. The Hall–Kier alpha value is -1.73. The van der Waals surface area contributed by atoms with Gasteiger partial charge in [0, 0.05) is 38.4 Å². The monoisotopic (exact) mass is 266 g/mol. The van der Waals surface area contributed by atoms with Gasteiger partial charge in [-0.15, -0.1) is 0 Å². The summed E-state index contributed by atoms with van der Waals surface area (Å²) < 4.78 is 5.60. The summed E-state index contributed by atoms with van der Waals surface area (Å²) in [4.78, 5) is 16.7. The van der Waals surface area contributed by atoms with Crippen LogP contribution in [0.1, 0.15) is 5.69 Å². The number of pyridine rings is 1. The minimum Gasteiger partial charge on any atom is -0.374 e. The van der Waals surface area contributed by atoms with Crippen LogP contribution in [0.4, 0.5) is 11.5 Å². The number of nitrogens with zero attached hydrogens (tertiary/aromatic N) is 3. The molecule has 0 amide bonds. The lowest BCUT2D eigenvalue weighted by Crippen LogP contribution is -2.44. The van der Waals surface area contributed by atoms with Crippen molar-refractivity contribution >= 4 is 11.5 Å². The van der Waals surface area contributed by atoms with E-state index in [4.69, 9.17) is 4.74 Å². The molecular weight excluding hydrogens is 248 g/mol. The highest BCUT2D eigenvalue weighted by molar-refractivity contribution is 5.57. The van der Waals surface area contributed by atoms with Gasteiger partial charge in [0.25, 0.3) is 0 Å². The van der Waals surface area contributed by atoms with Gasteiger partial charge in [-0.1, -0.05) is 0 Å².